The summed E-state index contributed by atoms with van der Waals surface area (Å²) in [6.07, 6.45) is 6.20. The van der Waals surface area contributed by atoms with E-state index >= 15 is 0 Å². The second-order valence-corrected chi connectivity index (χ2v) is 5.30. The Morgan fingerprint density at radius 2 is 2.09 bits per heavy atom. The van der Waals surface area contributed by atoms with Crippen LogP contribution in [0.15, 0.2) is 42.7 Å². The highest BCUT2D eigenvalue weighted by atomic mass is 16.4. The van der Waals surface area contributed by atoms with Crippen LogP contribution < -0.4 is 10.2 Å². The predicted molar refractivity (Wildman–Crippen MR) is 89.2 cm³/mol. The second-order valence-electron chi connectivity index (χ2n) is 5.30. The standard InChI is InChI=1S/C17H18N4O2/c22-17(23)5-4-13-2-1-3-14(10-13)15-11-19-12-16(20-15)21-8-6-18-7-9-21/h1-5,10-12,18H,6-9H2,(H,22,23)/b5-4+. The van der Waals surface area contributed by atoms with Gasteiger partial charge in [-0.2, -0.15) is 0 Å². The van der Waals surface area contributed by atoms with E-state index in [1.165, 1.54) is 0 Å². The molecule has 118 valence electrons. The highest BCUT2D eigenvalue weighted by Crippen LogP contribution is 2.21. The van der Waals surface area contributed by atoms with E-state index in [1.54, 1.807) is 18.5 Å². The molecule has 0 unspecified atom stereocenters. The Morgan fingerprint density at radius 3 is 2.87 bits per heavy atom. The zero-order valence-electron chi connectivity index (χ0n) is 12.6. The van der Waals surface area contributed by atoms with Gasteiger partial charge in [-0.25, -0.2) is 9.78 Å². The third-order valence-corrected chi connectivity index (χ3v) is 3.66. The summed E-state index contributed by atoms with van der Waals surface area (Å²) in [5, 5.41) is 12.0. The molecule has 23 heavy (non-hydrogen) atoms. The summed E-state index contributed by atoms with van der Waals surface area (Å²) in [4.78, 5) is 21.8. The minimum atomic E-state index is -0.962. The van der Waals surface area contributed by atoms with Crippen molar-refractivity contribution < 1.29 is 9.90 Å². The molecule has 0 spiro atoms. The van der Waals surface area contributed by atoms with Gasteiger partial charge in [-0.3, -0.25) is 4.98 Å². The van der Waals surface area contributed by atoms with Crippen LogP contribution in [0, 0.1) is 0 Å². The van der Waals surface area contributed by atoms with Crippen LogP contribution in [0.1, 0.15) is 5.56 Å². The van der Waals surface area contributed by atoms with Gasteiger partial charge in [0.1, 0.15) is 5.82 Å². The molecule has 1 aromatic carbocycles. The maximum atomic E-state index is 10.6. The summed E-state index contributed by atoms with van der Waals surface area (Å²) in [5.74, 6) is -0.0913. The van der Waals surface area contributed by atoms with Crippen molar-refractivity contribution in [3.8, 4) is 11.3 Å². The van der Waals surface area contributed by atoms with Crippen LogP contribution in [-0.2, 0) is 4.79 Å². The van der Waals surface area contributed by atoms with Gasteiger partial charge in [0, 0.05) is 37.8 Å². The number of carbonyl (C=O) groups is 1. The predicted octanol–water partition coefficient (Wildman–Crippen LogP) is 1.65. The number of aliphatic carboxylic acids is 1. The topological polar surface area (TPSA) is 78.3 Å². The molecular formula is C17H18N4O2. The van der Waals surface area contributed by atoms with Gasteiger partial charge in [0.2, 0.25) is 0 Å². The highest BCUT2D eigenvalue weighted by Gasteiger charge is 2.12. The molecule has 1 saturated heterocycles. The first-order chi connectivity index (χ1) is 11.2. The average Bonchev–Trinajstić information content (AvgIpc) is 2.61. The number of hydrogen-bond donors (Lipinski definition) is 2. The van der Waals surface area contributed by atoms with Crippen LogP contribution in [0.2, 0.25) is 0 Å². The van der Waals surface area contributed by atoms with Gasteiger partial charge in [-0.1, -0.05) is 18.2 Å². The lowest BCUT2D eigenvalue weighted by atomic mass is 10.1. The summed E-state index contributed by atoms with van der Waals surface area (Å²) in [6, 6.07) is 7.60. The largest absolute Gasteiger partial charge is 0.478 e. The van der Waals surface area contributed by atoms with Crippen LogP contribution in [0.4, 0.5) is 5.82 Å². The van der Waals surface area contributed by atoms with E-state index in [4.69, 9.17) is 10.1 Å². The quantitative estimate of drug-likeness (QED) is 0.836. The number of benzene rings is 1. The van der Waals surface area contributed by atoms with Crippen LogP contribution in [0.25, 0.3) is 17.3 Å². The molecule has 6 nitrogen and oxygen atoms in total. The van der Waals surface area contributed by atoms with E-state index in [9.17, 15) is 4.79 Å². The van der Waals surface area contributed by atoms with Crippen molar-refractivity contribution in [1.29, 1.82) is 0 Å². The van der Waals surface area contributed by atoms with E-state index in [-0.39, 0.29) is 0 Å². The first-order valence-corrected chi connectivity index (χ1v) is 7.51. The Labute approximate surface area is 134 Å². The maximum absolute atomic E-state index is 10.6. The molecule has 0 saturated carbocycles. The van der Waals surface area contributed by atoms with Crippen LogP contribution in [0.5, 0.6) is 0 Å². The molecular weight excluding hydrogens is 292 g/mol. The number of hydrogen-bond acceptors (Lipinski definition) is 5. The Morgan fingerprint density at radius 1 is 1.26 bits per heavy atom. The molecule has 0 radical (unpaired) electrons. The zero-order chi connectivity index (χ0) is 16.1. The first kappa shape index (κ1) is 15.2. The molecule has 3 rings (SSSR count). The molecule has 2 heterocycles. The first-order valence-electron chi connectivity index (χ1n) is 7.51. The SMILES string of the molecule is O=C(O)/C=C/c1cccc(-c2cncc(N3CCNCC3)n2)c1. The fourth-order valence-electron chi connectivity index (χ4n) is 2.51. The molecule has 1 aliphatic rings. The lowest BCUT2D eigenvalue weighted by Crippen LogP contribution is -2.43. The van der Waals surface area contributed by atoms with Gasteiger partial charge in [-0.15, -0.1) is 0 Å². The van der Waals surface area contributed by atoms with Gasteiger partial charge in [0.15, 0.2) is 0 Å². The number of anilines is 1. The van der Waals surface area contributed by atoms with E-state index in [2.05, 4.69) is 15.2 Å². The van der Waals surface area contributed by atoms with E-state index in [1.807, 2.05) is 24.3 Å². The molecule has 0 bridgehead atoms. The van der Waals surface area contributed by atoms with E-state index in [0.29, 0.717) is 0 Å². The summed E-state index contributed by atoms with van der Waals surface area (Å²) < 4.78 is 0. The van der Waals surface area contributed by atoms with Gasteiger partial charge in [-0.05, 0) is 17.7 Å². The Hall–Kier alpha value is -2.73. The number of aromatic nitrogens is 2. The summed E-state index contributed by atoms with van der Waals surface area (Å²) in [6.45, 7) is 3.72. The summed E-state index contributed by atoms with van der Waals surface area (Å²) >= 11 is 0. The lowest BCUT2D eigenvalue weighted by molar-refractivity contribution is -0.131. The number of nitrogens with zero attached hydrogens (tertiary/aromatic N) is 3. The number of nitrogens with one attached hydrogen (secondary N) is 1. The minimum Gasteiger partial charge on any atom is -0.478 e. The molecule has 1 aromatic heterocycles. The number of carboxylic acids is 1. The van der Waals surface area contributed by atoms with Gasteiger partial charge in [0.05, 0.1) is 18.1 Å². The molecule has 0 atom stereocenters. The number of carboxylic acid groups (broad SMARTS) is 1. The van der Waals surface area contributed by atoms with Crippen LogP contribution in [0.3, 0.4) is 0 Å². The lowest BCUT2D eigenvalue weighted by Gasteiger charge is -2.28. The molecule has 2 N–H and O–H groups in total. The monoisotopic (exact) mass is 310 g/mol. The Bertz CT molecular complexity index is 724. The van der Waals surface area contributed by atoms with Crippen molar-refractivity contribution in [1.82, 2.24) is 15.3 Å². The van der Waals surface area contributed by atoms with Gasteiger partial charge in [0.25, 0.3) is 0 Å². The maximum Gasteiger partial charge on any atom is 0.328 e. The van der Waals surface area contributed by atoms with Crippen molar-refractivity contribution in [2.45, 2.75) is 0 Å². The minimum absolute atomic E-state index is 0.784. The smallest absolute Gasteiger partial charge is 0.328 e. The van der Waals surface area contributed by atoms with E-state index in [0.717, 1.165) is 54.9 Å². The normalized spacial score (nSPS) is 15.0. The van der Waals surface area contributed by atoms with Crippen molar-refractivity contribution in [3.63, 3.8) is 0 Å². The third-order valence-electron chi connectivity index (χ3n) is 3.66. The van der Waals surface area contributed by atoms with Gasteiger partial charge < -0.3 is 15.3 Å². The van der Waals surface area contributed by atoms with Crippen molar-refractivity contribution in [2.75, 3.05) is 31.1 Å². The third kappa shape index (κ3) is 3.92. The summed E-state index contributed by atoms with van der Waals surface area (Å²) in [5.41, 5.74) is 2.52. The van der Waals surface area contributed by atoms with Crippen molar-refractivity contribution in [3.05, 3.63) is 48.3 Å². The van der Waals surface area contributed by atoms with Crippen LogP contribution >= 0.6 is 0 Å². The Balaban J connectivity index is 1.86. The van der Waals surface area contributed by atoms with E-state index < -0.39 is 5.97 Å². The fourth-order valence-corrected chi connectivity index (χ4v) is 2.51. The Kier molecular flexibility index (Phi) is 4.63. The number of piperazine rings is 1. The fraction of sp³-hybridized carbons (Fsp3) is 0.235. The van der Waals surface area contributed by atoms with Crippen LogP contribution in [-0.4, -0.2) is 47.2 Å². The summed E-state index contributed by atoms with van der Waals surface area (Å²) in [7, 11) is 0. The second kappa shape index (κ2) is 7.02. The molecule has 6 heteroatoms. The molecule has 1 fully saturated rings. The van der Waals surface area contributed by atoms with Crippen molar-refractivity contribution in [2.24, 2.45) is 0 Å². The molecule has 0 aliphatic carbocycles. The molecule has 0 amide bonds. The molecule has 2 aromatic rings. The number of rotatable bonds is 4. The highest BCUT2D eigenvalue weighted by molar-refractivity contribution is 5.85. The average molecular weight is 310 g/mol. The van der Waals surface area contributed by atoms with Crippen molar-refractivity contribution >= 4 is 17.9 Å². The zero-order valence-corrected chi connectivity index (χ0v) is 12.6. The van der Waals surface area contributed by atoms with Gasteiger partial charge >= 0.3 is 5.97 Å². The molecule has 1 aliphatic heterocycles.